The molecule has 0 radical (unpaired) electrons. The van der Waals surface area contributed by atoms with Gasteiger partial charge in [0.15, 0.2) is 0 Å². The molecule has 0 saturated carbocycles. The molecule has 4 aliphatic heterocycles. The molecule has 12 amide bonds. The van der Waals surface area contributed by atoms with Crippen molar-refractivity contribution >= 4 is 94.8 Å². The van der Waals surface area contributed by atoms with E-state index in [4.69, 9.17) is 38.3 Å². The molecule has 32 heteroatoms. The summed E-state index contributed by atoms with van der Waals surface area (Å²) in [4.78, 5) is 213. The van der Waals surface area contributed by atoms with Gasteiger partial charge in [-0.15, -0.1) is 20.3 Å². The molecule has 0 aliphatic carbocycles. The van der Waals surface area contributed by atoms with Crippen LogP contribution in [0.25, 0.3) is 0 Å². The van der Waals surface area contributed by atoms with Crippen LogP contribution in [0.15, 0.2) is 0 Å². The molecule has 0 aromatic rings. The SMILES string of the molecule is O=C(CCOCC(COCCC(=O)NCCCCCCCC(=O)ON1C(=O)CCC1=O)(COCCC(=O)NCCCCCCCC(=O)ON1C(=O)CCC1=O)COCCC(=O)NCCCCCCCC(=O)ON1C(=O)CCC1=O)NCCCCCCCC(=O)ON1C(=O)CCC1=O. The highest BCUT2D eigenvalue weighted by Crippen LogP contribution is 2.23. The number of rotatable bonds is 56. The molecule has 0 atom stereocenters. The van der Waals surface area contributed by atoms with Gasteiger partial charge < -0.3 is 59.6 Å². The number of carbonyl (C=O) groups excluding carboxylic acids is 16. The lowest BCUT2D eigenvalue weighted by molar-refractivity contribution is -0.197. The maximum absolute atomic E-state index is 12.9. The third kappa shape index (κ3) is 35.3. The molecule has 32 nitrogen and oxygen atoms in total. The maximum atomic E-state index is 12.9. The number of ether oxygens (including phenoxy) is 4. The van der Waals surface area contributed by atoms with Crippen LogP contribution in [0, 0.1) is 5.41 Å². The van der Waals surface area contributed by atoms with E-state index in [1.54, 1.807) is 0 Å². The number of nitrogens with one attached hydrogen (secondary N) is 4. The Morgan fingerprint density at radius 1 is 0.258 bits per heavy atom. The van der Waals surface area contributed by atoms with Gasteiger partial charge in [0.05, 0.1) is 58.3 Å². The van der Waals surface area contributed by atoms with E-state index in [9.17, 15) is 76.7 Å². The van der Waals surface area contributed by atoms with Gasteiger partial charge in [-0.05, 0) is 51.4 Å². The molecule has 4 aliphatic rings. The Bertz CT molecular complexity index is 2230. The van der Waals surface area contributed by atoms with Gasteiger partial charge in [-0.25, -0.2) is 19.2 Å². The van der Waals surface area contributed by atoms with Crippen LogP contribution in [-0.2, 0) is 115 Å². The van der Waals surface area contributed by atoms with E-state index in [-0.39, 0.29) is 179 Å². The smallest absolute Gasteiger partial charge is 0.333 e. The minimum absolute atomic E-state index is 0.00279. The van der Waals surface area contributed by atoms with Crippen molar-refractivity contribution in [3.8, 4) is 0 Å². The molecule has 4 N–H and O–H groups in total. The van der Waals surface area contributed by atoms with Crippen molar-refractivity contribution in [3.05, 3.63) is 0 Å². The molecular weight excluding hydrogens is 1280 g/mol. The second kappa shape index (κ2) is 48.0. The lowest BCUT2D eigenvalue weighted by Gasteiger charge is -2.33. The third-order valence-corrected chi connectivity index (χ3v) is 15.8. The number of imide groups is 4. The van der Waals surface area contributed by atoms with Crippen molar-refractivity contribution < 1.29 is 115 Å². The van der Waals surface area contributed by atoms with Crippen LogP contribution in [0.2, 0.25) is 0 Å². The van der Waals surface area contributed by atoms with Crippen molar-refractivity contribution in [2.75, 3.05) is 79.0 Å². The molecule has 97 heavy (non-hydrogen) atoms. The number of hydroxylamine groups is 8. The summed E-state index contributed by atoms with van der Waals surface area (Å²) in [6.45, 7) is 1.34. The lowest BCUT2D eigenvalue weighted by Crippen LogP contribution is -2.43. The minimum Gasteiger partial charge on any atom is -0.380 e. The van der Waals surface area contributed by atoms with Crippen LogP contribution < -0.4 is 21.3 Å². The summed E-state index contributed by atoms with van der Waals surface area (Å²) in [6, 6.07) is 0. The number of hydrogen-bond acceptors (Lipinski definition) is 24. The highest BCUT2D eigenvalue weighted by molar-refractivity contribution is 6.03. The number of amides is 12. The van der Waals surface area contributed by atoms with Gasteiger partial charge in [0, 0.05) is 129 Å². The fraction of sp³-hybridized carbons (Fsp3) is 0.754. The maximum Gasteiger partial charge on any atom is 0.333 e. The number of hydrogen-bond donors (Lipinski definition) is 4. The van der Waals surface area contributed by atoms with E-state index < -0.39 is 76.5 Å². The Hall–Kier alpha value is -7.84. The van der Waals surface area contributed by atoms with Gasteiger partial charge in [0.1, 0.15) is 0 Å². The largest absolute Gasteiger partial charge is 0.380 e. The molecule has 0 spiro atoms. The van der Waals surface area contributed by atoms with Gasteiger partial charge in [0.2, 0.25) is 23.6 Å². The van der Waals surface area contributed by atoms with Crippen molar-refractivity contribution in [2.24, 2.45) is 5.41 Å². The topological polar surface area (TPSA) is 408 Å². The zero-order valence-corrected chi connectivity index (χ0v) is 56.0. The van der Waals surface area contributed by atoms with E-state index in [0.717, 1.165) is 51.4 Å². The number of carbonyl (C=O) groups is 16. The predicted molar refractivity (Wildman–Crippen MR) is 336 cm³/mol. The zero-order chi connectivity index (χ0) is 70.5. The molecular formula is C65H100N8O24. The standard InChI is InChI=1S/C65H100N8O24/c74-49(66-37-17-9-1-5-13-21-61(86)94-70-53(78)25-26-54(70)79)33-41-90-45-65(46-91-42-34-50(75)67-38-18-10-2-6-14-22-62(87)95-71-55(80)27-28-56(71)81,47-92-43-35-51(76)68-39-19-11-3-7-15-23-63(88)96-72-57(82)29-30-58(72)83)48-93-44-36-52(77)69-40-20-12-4-8-16-24-64(89)97-73-59(84)31-32-60(73)85/h1-48H2,(H,66,74)(H,67,75)(H,68,76)(H,69,77). The first-order chi connectivity index (χ1) is 46.7. The van der Waals surface area contributed by atoms with Crippen LogP contribution in [-0.4, -0.2) is 194 Å². The Morgan fingerprint density at radius 2 is 0.433 bits per heavy atom. The van der Waals surface area contributed by atoms with E-state index in [0.29, 0.717) is 123 Å². The van der Waals surface area contributed by atoms with Gasteiger partial charge in [-0.3, -0.25) is 57.5 Å². The first-order valence-electron chi connectivity index (χ1n) is 34.4. The quantitative estimate of drug-likeness (QED) is 0.0496. The summed E-state index contributed by atoms with van der Waals surface area (Å²) < 4.78 is 24.5. The Balaban J connectivity index is 1.23. The van der Waals surface area contributed by atoms with Crippen molar-refractivity contribution in [1.29, 1.82) is 0 Å². The average molecular weight is 1380 g/mol. The van der Waals surface area contributed by atoms with Crippen LogP contribution in [0.4, 0.5) is 0 Å². The molecule has 4 heterocycles. The predicted octanol–water partition coefficient (Wildman–Crippen LogP) is 3.86. The molecule has 544 valence electrons. The normalized spacial score (nSPS) is 14.8. The van der Waals surface area contributed by atoms with Crippen molar-refractivity contribution in [1.82, 2.24) is 41.5 Å². The van der Waals surface area contributed by atoms with E-state index in [1.165, 1.54) is 0 Å². The minimum atomic E-state index is -1.07. The van der Waals surface area contributed by atoms with Gasteiger partial charge in [0.25, 0.3) is 47.3 Å². The fourth-order valence-corrected chi connectivity index (χ4v) is 10.2. The van der Waals surface area contributed by atoms with Gasteiger partial charge >= 0.3 is 23.9 Å². The average Bonchev–Trinajstić information content (AvgIpc) is 1.93. The highest BCUT2D eigenvalue weighted by Gasteiger charge is 2.37. The molecule has 0 aromatic carbocycles. The molecule has 0 unspecified atom stereocenters. The van der Waals surface area contributed by atoms with E-state index in [2.05, 4.69) is 21.3 Å². The highest BCUT2D eigenvalue weighted by atomic mass is 16.7. The zero-order valence-electron chi connectivity index (χ0n) is 56.0. The molecule has 4 rings (SSSR count). The Morgan fingerprint density at radius 3 is 0.629 bits per heavy atom. The molecule has 4 saturated heterocycles. The second-order valence-electron chi connectivity index (χ2n) is 24.4. The number of unbranched alkanes of at least 4 members (excludes halogenated alkanes) is 16. The van der Waals surface area contributed by atoms with Crippen molar-refractivity contribution in [2.45, 2.75) is 231 Å². The Kier molecular flexibility index (Phi) is 40.3. The van der Waals surface area contributed by atoms with Crippen molar-refractivity contribution in [3.63, 3.8) is 0 Å². The lowest BCUT2D eigenvalue weighted by atomic mass is 9.92. The van der Waals surface area contributed by atoms with Crippen LogP contribution in [0.3, 0.4) is 0 Å². The van der Waals surface area contributed by atoms with E-state index >= 15 is 0 Å². The van der Waals surface area contributed by atoms with E-state index in [1.807, 2.05) is 0 Å². The number of nitrogens with zero attached hydrogens (tertiary/aromatic N) is 4. The summed E-state index contributed by atoms with van der Waals surface area (Å²) in [5.74, 6) is -7.94. The van der Waals surface area contributed by atoms with Gasteiger partial charge in [-0.2, -0.15) is 0 Å². The monoisotopic (exact) mass is 1380 g/mol. The van der Waals surface area contributed by atoms with Crippen LogP contribution in [0.1, 0.15) is 231 Å². The summed E-state index contributed by atoms with van der Waals surface area (Å²) in [6.07, 6.45) is 14.0. The molecule has 0 aromatic heterocycles. The fourth-order valence-electron chi connectivity index (χ4n) is 10.2. The summed E-state index contributed by atoms with van der Waals surface area (Å²) in [5.41, 5.74) is -1.07. The Labute approximate surface area is 565 Å². The summed E-state index contributed by atoms with van der Waals surface area (Å²) in [7, 11) is 0. The molecule has 4 fully saturated rings. The molecule has 0 bridgehead atoms. The first kappa shape index (κ1) is 81.6. The third-order valence-electron chi connectivity index (χ3n) is 15.8. The summed E-state index contributed by atoms with van der Waals surface area (Å²) in [5, 5.41) is 13.6. The first-order valence-corrected chi connectivity index (χ1v) is 34.4. The van der Waals surface area contributed by atoms with Crippen LogP contribution in [0.5, 0.6) is 0 Å². The van der Waals surface area contributed by atoms with Crippen LogP contribution >= 0.6 is 0 Å². The summed E-state index contributed by atoms with van der Waals surface area (Å²) >= 11 is 0. The van der Waals surface area contributed by atoms with Gasteiger partial charge in [-0.1, -0.05) is 77.0 Å². The second-order valence-corrected chi connectivity index (χ2v) is 24.4.